The predicted molar refractivity (Wildman–Crippen MR) is 66.3 cm³/mol. The molecule has 90 valence electrons. The number of aromatic nitrogens is 2. The second-order valence-electron chi connectivity index (χ2n) is 3.39. The van der Waals surface area contributed by atoms with E-state index in [1.807, 2.05) is 6.07 Å². The average Bonchev–Trinajstić information content (AvgIpc) is 2.54. The third-order valence-electron chi connectivity index (χ3n) is 2.20. The first kappa shape index (κ1) is 12.4. The lowest BCUT2D eigenvalue weighted by Crippen LogP contribution is -1.96. The van der Waals surface area contributed by atoms with E-state index in [2.05, 4.69) is 5.10 Å². The van der Waals surface area contributed by atoms with Crippen molar-refractivity contribution in [3.63, 3.8) is 0 Å². The van der Waals surface area contributed by atoms with Crippen LogP contribution in [0.5, 0.6) is 0 Å². The minimum Gasteiger partial charge on any atom is -0.221 e. The number of hydrogen-bond donors (Lipinski definition) is 0. The molecule has 0 N–H and O–H groups in total. The van der Waals surface area contributed by atoms with Crippen LogP contribution >= 0.6 is 22.3 Å². The van der Waals surface area contributed by atoms with E-state index in [1.54, 1.807) is 31.2 Å². The zero-order valence-electron chi connectivity index (χ0n) is 8.76. The molecule has 2 rings (SSSR count). The number of nitrogens with zero attached hydrogens (tertiary/aromatic N) is 2. The summed E-state index contributed by atoms with van der Waals surface area (Å²) in [5.74, 6) is 0. The molecule has 4 nitrogen and oxygen atoms in total. The molecule has 17 heavy (non-hydrogen) atoms. The van der Waals surface area contributed by atoms with Gasteiger partial charge >= 0.3 is 0 Å². The number of aryl methyl sites for hydroxylation is 1. The van der Waals surface area contributed by atoms with E-state index >= 15 is 0 Å². The Balaban J connectivity index is 2.69. The maximum atomic E-state index is 11.3. The van der Waals surface area contributed by atoms with Gasteiger partial charge < -0.3 is 0 Å². The highest BCUT2D eigenvalue weighted by atomic mass is 35.7. The van der Waals surface area contributed by atoms with Gasteiger partial charge in [0.15, 0.2) is 5.15 Å². The van der Waals surface area contributed by atoms with Crippen LogP contribution in [0.4, 0.5) is 0 Å². The molecule has 0 aliphatic rings. The fraction of sp³-hybridized carbons (Fsp3) is 0.100. The van der Waals surface area contributed by atoms with Crippen LogP contribution in [0.1, 0.15) is 5.69 Å². The summed E-state index contributed by atoms with van der Waals surface area (Å²) >= 11 is 5.99. The van der Waals surface area contributed by atoms with Crippen molar-refractivity contribution in [3.05, 3.63) is 41.2 Å². The molecule has 0 fully saturated rings. The maximum absolute atomic E-state index is 11.3. The largest absolute Gasteiger partial charge is 0.266 e. The molecule has 1 heterocycles. The van der Waals surface area contributed by atoms with E-state index in [-0.39, 0.29) is 15.7 Å². The third kappa shape index (κ3) is 2.31. The van der Waals surface area contributed by atoms with Crippen molar-refractivity contribution < 1.29 is 8.42 Å². The number of hydrogen-bond acceptors (Lipinski definition) is 3. The lowest BCUT2D eigenvalue weighted by atomic mass is 10.3. The highest BCUT2D eigenvalue weighted by Crippen LogP contribution is 2.29. The van der Waals surface area contributed by atoms with Gasteiger partial charge in [-0.1, -0.05) is 29.8 Å². The van der Waals surface area contributed by atoms with E-state index < -0.39 is 9.05 Å². The van der Waals surface area contributed by atoms with Crippen molar-refractivity contribution in [1.82, 2.24) is 9.78 Å². The van der Waals surface area contributed by atoms with Crippen LogP contribution in [0.2, 0.25) is 5.15 Å². The summed E-state index contributed by atoms with van der Waals surface area (Å²) in [6, 6.07) is 8.98. The normalized spacial score (nSPS) is 11.7. The second kappa shape index (κ2) is 4.33. The molecule has 1 aromatic heterocycles. The first-order valence-electron chi connectivity index (χ1n) is 4.66. The van der Waals surface area contributed by atoms with Crippen LogP contribution in [-0.4, -0.2) is 18.2 Å². The van der Waals surface area contributed by atoms with Crippen LogP contribution in [-0.2, 0) is 9.05 Å². The van der Waals surface area contributed by atoms with Gasteiger partial charge in [0.1, 0.15) is 4.90 Å². The quantitative estimate of drug-likeness (QED) is 0.799. The predicted octanol–water partition coefficient (Wildman–Crippen LogP) is 2.76. The van der Waals surface area contributed by atoms with E-state index in [9.17, 15) is 8.42 Å². The minimum absolute atomic E-state index is 0.0105. The Bertz CT molecular complexity index is 650. The molecular weight excluding hydrogens is 283 g/mol. The minimum atomic E-state index is -3.89. The number of benzene rings is 1. The van der Waals surface area contributed by atoms with Crippen LogP contribution in [0.3, 0.4) is 0 Å². The summed E-state index contributed by atoms with van der Waals surface area (Å²) in [5.41, 5.74) is 0.945. The van der Waals surface area contributed by atoms with Crippen LogP contribution < -0.4 is 0 Å². The summed E-state index contributed by atoms with van der Waals surface area (Å²) in [6.07, 6.45) is 0. The van der Waals surface area contributed by atoms with Crippen molar-refractivity contribution in [3.8, 4) is 5.69 Å². The van der Waals surface area contributed by atoms with Crippen molar-refractivity contribution in [1.29, 1.82) is 0 Å². The number of halogens is 2. The molecular formula is C10H8Cl2N2O2S. The van der Waals surface area contributed by atoms with Gasteiger partial charge in [-0.25, -0.2) is 13.1 Å². The first-order chi connectivity index (χ1) is 7.91. The molecule has 0 bridgehead atoms. The van der Waals surface area contributed by atoms with Gasteiger partial charge in [0.2, 0.25) is 0 Å². The summed E-state index contributed by atoms with van der Waals surface area (Å²) in [6.45, 7) is 1.54. The van der Waals surface area contributed by atoms with Crippen molar-refractivity contribution in [2.75, 3.05) is 0 Å². The van der Waals surface area contributed by atoms with Gasteiger partial charge in [-0.05, 0) is 19.1 Å². The maximum Gasteiger partial charge on any atom is 0.266 e. The molecule has 1 aromatic carbocycles. The fourth-order valence-electron chi connectivity index (χ4n) is 1.50. The molecule has 0 radical (unpaired) electrons. The van der Waals surface area contributed by atoms with Crippen molar-refractivity contribution in [2.45, 2.75) is 11.8 Å². The van der Waals surface area contributed by atoms with E-state index in [1.165, 1.54) is 4.68 Å². The molecule has 0 atom stereocenters. The summed E-state index contributed by atoms with van der Waals surface area (Å²) in [5, 5.41) is 4.06. The Hall–Kier alpha value is -1.04. The standard InChI is InChI=1S/C10H8Cl2N2O2S/c1-7-9(17(12,15)16)10(11)14(13-7)8-5-3-2-4-6-8/h2-6H,1H3. The zero-order chi connectivity index (χ0) is 12.6. The smallest absolute Gasteiger partial charge is 0.221 e. The number of rotatable bonds is 2. The SMILES string of the molecule is Cc1nn(-c2ccccc2)c(Cl)c1S(=O)(=O)Cl. The second-order valence-corrected chi connectivity index (χ2v) is 6.25. The molecule has 7 heteroatoms. The Morgan fingerprint density at radius 1 is 1.24 bits per heavy atom. The number of para-hydroxylation sites is 1. The lowest BCUT2D eigenvalue weighted by molar-refractivity contribution is 0.609. The molecule has 0 aliphatic carbocycles. The van der Waals surface area contributed by atoms with Crippen LogP contribution in [0.15, 0.2) is 35.2 Å². The highest BCUT2D eigenvalue weighted by Gasteiger charge is 2.24. The fourth-order valence-corrected chi connectivity index (χ4v) is 3.43. The van der Waals surface area contributed by atoms with Gasteiger partial charge in [-0.3, -0.25) is 0 Å². The van der Waals surface area contributed by atoms with Gasteiger partial charge in [-0.15, -0.1) is 0 Å². The Morgan fingerprint density at radius 2 is 1.82 bits per heavy atom. The van der Waals surface area contributed by atoms with Gasteiger partial charge in [0.05, 0.1) is 11.4 Å². The van der Waals surface area contributed by atoms with Gasteiger partial charge in [-0.2, -0.15) is 5.10 Å². The summed E-state index contributed by atoms with van der Waals surface area (Å²) in [4.78, 5) is -0.148. The van der Waals surface area contributed by atoms with Crippen molar-refractivity contribution >= 4 is 31.3 Å². The van der Waals surface area contributed by atoms with Gasteiger partial charge in [0, 0.05) is 10.7 Å². The average molecular weight is 291 g/mol. The van der Waals surface area contributed by atoms with Gasteiger partial charge in [0.25, 0.3) is 9.05 Å². The third-order valence-corrected chi connectivity index (χ3v) is 4.10. The highest BCUT2D eigenvalue weighted by molar-refractivity contribution is 8.13. The Labute approximate surface area is 108 Å². The van der Waals surface area contributed by atoms with E-state index in [0.717, 1.165) is 0 Å². The molecule has 0 spiro atoms. The van der Waals surface area contributed by atoms with Crippen LogP contribution in [0, 0.1) is 6.92 Å². The lowest BCUT2D eigenvalue weighted by Gasteiger charge is -2.01. The summed E-state index contributed by atoms with van der Waals surface area (Å²) in [7, 11) is 1.41. The first-order valence-corrected chi connectivity index (χ1v) is 7.35. The Morgan fingerprint density at radius 3 is 2.29 bits per heavy atom. The molecule has 0 aliphatic heterocycles. The zero-order valence-corrected chi connectivity index (χ0v) is 11.1. The summed E-state index contributed by atoms with van der Waals surface area (Å²) < 4.78 is 24.0. The van der Waals surface area contributed by atoms with E-state index in [0.29, 0.717) is 5.69 Å². The molecule has 0 saturated heterocycles. The Kier molecular flexibility index (Phi) is 3.16. The van der Waals surface area contributed by atoms with Crippen molar-refractivity contribution in [2.24, 2.45) is 0 Å². The topological polar surface area (TPSA) is 52.0 Å². The van der Waals surface area contributed by atoms with Crippen LogP contribution in [0.25, 0.3) is 5.69 Å². The molecule has 0 saturated carbocycles. The monoisotopic (exact) mass is 290 g/mol. The molecule has 0 amide bonds. The van der Waals surface area contributed by atoms with E-state index in [4.69, 9.17) is 22.3 Å². The molecule has 2 aromatic rings. The molecule has 0 unspecified atom stereocenters.